The third kappa shape index (κ3) is 3.84. The minimum absolute atomic E-state index is 0.0603. The Morgan fingerprint density at radius 1 is 1.32 bits per heavy atom. The Balaban J connectivity index is 2.01. The molecule has 0 aromatic heterocycles. The molecular formula is C16H22N2O4. The quantitative estimate of drug-likeness (QED) is 0.555. The first-order valence-corrected chi connectivity index (χ1v) is 7.61. The minimum atomic E-state index is -0.505. The second-order valence-electron chi connectivity index (χ2n) is 5.20. The highest BCUT2D eigenvalue weighted by Gasteiger charge is 2.39. The first kappa shape index (κ1) is 16.5. The van der Waals surface area contributed by atoms with Gasteiger partial charge in [0.05, 0.1) is 24.8 Å². The van der Waals surface area contributed by atoms with E-state index in [1.165, 1.54) is 4.90 Å². The van der Waals surface area contributed by atoms with Crippen LogP contribution in [0, 0.1) is 0 Å². The van der Waals surface area contributed by atoms with Gasteiger partial charge in [0.1, 0.15) is 5.75 Å². The van der Waals surface area contributed by atoms with Crippen molar-refractivity contribution in [1.29, 1.82) is 0 Å². The topological polar surface area (TPSA) is 78.9 Å². The van der Waals surface area contributed by atoms with Crippen LogP contribution >= 0.6 is 0 Å². The molecule has 6 heteroatoms. The van der Waals surface area contributed by atoms with E-state index in [0.717, 1.165) is 12.2 Å². The molecule has 1 aromatic rings. The molecule has 1 atom stereocenters. The van der Waals surface area contributed by atoms with Crippen LogP contribution in [0.3, 0.4) is 0 Å². The monoisotopic (exact) mass is 306 g/mol. The van der Waals surface area contributed by atoms with Crippen LogP contribution in [0.5, 0.6) is 5.75 Å². The second-order valence-corrected chi connectivity index (χ2v) is 5.20. The van der Waals surface area contributed by atoms with Crippen molar-refractivity contribution in [2.45, 2.75) is 32.2 Å². The smallest absolute Gasteiger partial charge is 0.251 e. The number of ether oxygens (including phenoxy) is 1. The fraction of sp³-hybridized carbons (Fsp3) is 0.500. The van der Waals surface area contributed by atoms with Crippen molar-refractivity contribution < 1.29 is 19.4 Å². The summed E-state index contributed by atoms with van der Waals surface area (Å²) in [6.45, 7) is 3.24. The second kappa shape index (κ2) is 7.91. The van der Waals surface area contributed by atoms with Gasteiger partial charge in [0.2, 0.25) is 5.91 Å². The maximum absolute atomic E-state index is 12.3. The normalized spacial score (nSPS) is 18.1. The third-order valence-electron chi connectivity index (χ3n) is 3.44. The summed E-state index contributed by atoms with van der Waals surface area (Å²) in [4.78, 5) is 25.6. The van der Waals surface area contributed by atoms with Crippen molar-refractivity contribution in [1.82, 2.24) is 5.32 Å². The first-order valence-electron chi connectivity index (χ1n) is 7.61. The molecule has 0 radical (unpaired) electrons. The molecule has 0 spiro atoms. The lowest BCUT2D eigenvalue weighted by molar-refractivity contribution is -0.121. The third-order valence-corrected chi connectivity index (χ3v) is 3.44. The van der Waals surface area contributed by atoms with Crippen molar-refractivity contribution in [3.05, 3.63) is 24.3 Å². The maximum atomic E-state index is 12.3. The van der Waals surface area contributed by atoms with E-state index < -0.39 is 6.04 Å². The van der Waals surface area contributed by atoms with E-state index in [0.29, 0.717) is 25.3 Å². The van der Waals surface area contributed by atoms with E-state index in [1.54, 1.807) is 24.3 Å². The highest BCUT2D eigenvalue weighted by atomic mass is 16.5. The molecule has 0 saturated carbocycles. The number of imide groups is 1. The van der Waals surface area contributed by atoms with Crippen LogP contribution in [0.2, 0.25) is 0 Å². The van der Waals surface area contributed by atoms with Gasteiger partial charge in [-0.05, 0) is 43.7 Å². The Kier molecular flexibility index (Phi) is 5.91. The Morgan fingerprint density at radius 2 is 2.05 bits per heavy atom. The van der Waals surface area contributed by atoms with Gasteiger partial charge in [0.25, 0.3) is 5.91 Å². The van der Waals surface area contributed by atoms with Crippen molar-refractivity contribution in [2.24, 2.45) is 0 Å². The highest BCUT2D eigenvalue weighted by molar-refractivity contribution is 6.22. The molecular weight excluding hydrogens is 284 g/mol. The van der Waals surface area contributed by atoms with Gasteiger partial charge in [-0.15, -0.1) is 0 Å². The Morgan fingerprint density at radius 3 is 2.68 bits per heavy atom. The molecule has 1 fully saturated rings. The zero-order valence-corrected chi connectivity index (χ0v) is 12.7. The summed E-state index contributed by atoms with van der Waals surface area (Å²) in [5.74, 6) is 0.265. The van der Waals surface area contributed by atoms with Gasteiger partial charge in [-0.25, -0.2) is 4.90 Å². The molecule has 0 aliphatic carbocycles. The SMILES string of the molecule is CCCOc1ccc(N2C(=O)CC(NCCCO)C2=O)cc1. The molecule has 1 aliphatic heterocycles. The number of carbonyl (C=O) groups excluding carboxylic acids is 2. The molecule has 2 amide bonds. The van der Waals surface area contributed by atoms with Gasteiger partial charge in [-0.1, -0.05) is 6.92 Å². The van der Waals surface area contributed by atoms with E-state index in [-0.39, 0.29) is 24.8 Å². The number of hydrogen-bond acceptors (Lipinski definition) is 5. The molecule has 120 valence electrons. The number of aliphatic hydroxyl groups excluding tert-OH is 1. The fourth-order valence-electron chi connectivity index (χ4n) is 2.33. The number of nitrogens with one attached hydrogen (secondary N) is 1. The lowest BCUT2D eigenvalue weighted by Crippen LogP contribution is -2.39. The van der Waals surface area contributed by atoms with Crippen molar-refractivity contribution >= 4 is 17.5 Å². The number of aliphatic hydroxyl groups is 1. The number of hydrogen-bond donors (Lipinski definition) is 2. The van der Waals surface area contributed by atoms with Crippen molar-refractivity contribution in [2.75, 3.05) is 24.7 Å². The summed E-state index contributed by atoms with van der Waals surface area (Å²) in [6, 6.07) is 6.46. The van der Waals surface area contributed by atoms with Crippen molar-refractivity contribution in [3.8, 4) is 5.75 Å². The lowest BCUT2D eigenvalue weighted by Gasteiger charge is -2.16. The molecule has 1 aliphatic rings. The van der Waals surface area contributed by atoms with E-state index in [9.17, 15) is 9.59 Å². The van der Waals surface area contributed by atoms with Gasteiger partial charge in [-0.3, -0.25) is 9.59 Å². The van der Waals surface area contributed by atoms with E-state index in [2.05, 4.69) is 5.32 Å². The molecule has 1 aromatic carbocycles. The molecule has 1 unspecified atom stereocenters. The number of carbonyl (C=O) groups is 2. The average molecular weight is 306 g/mol. The highest BCUT2D eigenvalue weighted by Crippen LogP contribution is 2.25. The minimum Gasteiger partial charge on any atom is -0.494 e. The molecule has 22 heavy (non-hydrogen) atoms. The summed E-state index contributed by atoms with van der Waals surface area (Å²) < 4.78 is 5.49. The zero-order chi connectivity index (χ0) is 15.9. The van der Waals surface area contributed by atoms with E-state index in [1.807, 2.05) is 6.92 Å². The van der Waals surface area contributed by atoms with Crippen LogP contribution in [-0.4, -0.2) is 42.7 Å². The standard InChI is InChI=1S/C16H22N2O4/c1-2-10-22-13-6-4-12(5-7-13)18-15(20)11-14(16(18)21)17-8-3-9-19/h4-7,14,17,19H,2-3,8-11H2,1H3. The number of nitrogens with zero attached hydrogens (tertiary/aromatic N) is 1. The summed E-state index contributed by atoms with van der Waals surface area (Å²) >= 11 is 0. The van der Waals surface area contributed by atoms with Gasteiger partial charge in [0.15, 0.2) is 0 Å². The van der Waals surface area contributed by atoms with Gasteiger partial charge < -0.3 is 15.2 Å². The molecule has 1 saturated heterocycles. The van der Waals surface area contributed by atoms with Crippen LogP contribution in [0.1, 0.15) is 26.2 Å². The van der Waals surface area contributed by atoms with Crippen molar-refractivity contribution in [3.63, 3.8) is 0 Å². The predicted octanol–water partition coefficient (Wildman–Crippen LogP) is 1.08. The van der Waals surface area contributed by atoms with Gasteiger partial charge >= 0.3 is 0 Å². The first-order chi connectivity index (χ1) is 10.7. The van der Waals surface area contributed by atoms with E-state index >= 15 is 0 Å². The molecule has 6 nitrogen and oxygen atoms in total. The zero-order valence-electron chi connectivity index (χ0n) is 12.7. The van der Waals surface area contributed by atoms with Gasteiger partial charge in [-0.2, -0.15) is 0 Å². The molecule has 1 heterocycles. The van der Waals surface area contributed by atoms with Crippen LogP contribution in [-0.2, 0) is 9.59 Å². The molecule has 0 bridgehead atoms. The van der Waals surface area contributed by atoms with Crippen LogP contribution in [0.25, 0.3) is 0 Å². The molecule has 2 rings (SSSR count). The summed E-state index contributed by atoms with van der Waals surface area (Å²) in [5.41, 5.74) is 0.560. The predicted molar refractivity (Wildman–Crippen MR) is 82.8 cm³/mol. The van der Waals surface area contributed by atoms with Crippen LogP contribution in [0.4, 0.5) is 5.69 Å². The van der Waals surface area contributed by atoms with Crippen LogP contribution in [0.15, 0.2) is 24.3 Å². The number of anilines is 1. The summed E-state index contributed by atoms with van der Waals surface area (Å²) in [6.07, 6.45) is 1.63. The largest absolute Gasteiger partial charge is 0.494 e. The maximum Gasteiger partial charge on any atom is 0.251 e. The van der Waals surface area contributed by atoms with Crippen LogP contribution < -0.4 is 15.0 Å². The Hall–Kier alpha value is -1.92. The molecule has 2 N–H and O–H groups in total. The Bertz CT molecular complexity index is 515. The number of benzene rings is 1. The summed E-state index contributed by atoms with van der Waals surface area (Å²) in [7, 11) is 0. The number of rotatable bonds is 8. The Labute approximate surface area is 130 Å². The summed E-state index contributed by atoms with van der Waals surface area (Å²) in [5, 5.41) is 11.8. The fourth-order valence-corrected chi connectivity index (χ4v) is 2.33. The average Bonchev–Trinajstić information content (AvgIpc) is 2.80. The van der Waals surface area contributed by atoms with Gasteiger partial charge in [0, 0.05) is 6.61 Å². The lowest BCUT2D eigenvalue weighted by atomic mass is 10.2. The number of amides is 2. The van der Waals surface area contributed by atoms with E-state index in [4.69, 9.17) is 9.84 Å².